The highest BCUT2D eigenvalue weighted by Gasteiger charge is 2.07. The van der Waals surface area contributed by atoms with Crippen LogP contribution in [0.4, 0.5) is 0 Å². The van der Waals surface area contributed by atoms with Crippen molar-refractivity contribution in [3.05, 3.63) is 29.8 Å². The predicted molar refractivity (Wildman–Crippen MR) is 60.0 cm³/mol. The van der Waals surface area contributed by atoms with E-state index in [2.05, 4.69) is 25.8 Å². The van der Waals surface area contributed by atoms with Crippen molar-refractivity contribution >= 4 is 6.21 Å². The van der Waals surface area contributed by atoms with Crippen molar-refractivity contribution in [2.45, 2.75) is 20.8 Å². The van der Waals surface area contributed by atoms with Gasteiger partial charge in [-0.2, -0.15) is 0 Å². The topological polar surface area (TPSA) is 32.6 Å². The lowest BCUT2D eigenvalue weighted by Crippen LogP contribution is -2.09. The predicted octanol–water partition coefficient (Wildman–Crippen LogP) is 2.86. The standard InChI is InChI=1S/C12H17NO/c1-12(2,3)9-13-8-10-6-4-5-7-11(10)14/h4-8,14H,9H2,1-3H3. The van der Waals surface area contributed by atoms with E-state index in [9.17, 15) is 5.11 Å². The lowest BCUT2D eigenvalue weighted by molar-refractivity contribution is 0.430. The van der Waals surface area contributed by atoms with Gasteiger partial charge in [0.1, 0.15) is 5.75 Å². The molecule has 0 amide bonds. The van der Waals surface area contributed by atoms with Gasteiger partial charge in [-0.1, -0.05) is 32.9 Å². The molecule has 1 aromatic rings. The minimum atomic E-state index is 0.195. The van der Waals surface area contributed by atoms with Crippen LogP contribution in [0.25, 0.3) is 0 Å². The molecule has 0 unspecified atom stereocenters. The highest BCUT2D eigenvalue weighted by atomic mass is 16.3. The van der Waals surface area contributed by atoms with Gasteiger partial charge in [-0.25, -0.2) is 0 Å². The Kier molecular flexibility index (Phi) is 3.28. The number of benzene rings is 1. The second-order valence-electron chi connectivity index (χ2n) is 4.59. The Morgan fingerprint density at radius 2 is 1.93 bits per heavy atom. The summed E-state index contributed by atoms with van der Waals surface area (Å²) in [6.07, 6.45) is 1.72. The summed E-state index contributed by atoms with van der Waals surface area (Å²) in [6.45, 7) is 7.17. The smallest absolute Gasteiger partial charge is 0.124 e. The Morgan fingerprint density at radius 3 is 2.50 bits per heavy atom. The molecule has 0 saturated carbocycles. The molecule has 0 aliphatic carbocycles. The van der Waals surface area contributed by atoms with Crippen molar-refractivity contribution in [3.63, 3.8) is 0 Å². The Balaban J connectivity index is 2.65. The zero-order valence-corrected chi connectivity index (χ0v) is 8.99. The summed E-state index contributed by atoms with van der Waals surface area (Å²) in [5.74, 6) is 0.283. The second kappa shape index (κ2) is 4.27. The fourth-order valence-corrected chi connectivity index (χ4v) is 1.01. The molecule has 0 aliphatic rings. The zero-order chi connectivity index (χ0) is 10.6. The largest absolute Gasteiger partial charge is 0.507 e. The van der Waals surface area contributed by atoms with Gasteiger partial charge in [-0.05, 0) is 17.5 Å². The third-order valence-electron chi connectivity index (χ3n) is 1.73. The van der Waals surface area contributed by atoms with Crippen LogP contribution in [0.2, 0.25) is 0 Å². The van der Waals surface area contributed by atoms with Gasteiger partial charge >= 0.3 is 0 Å². The van der Waals surface area contributed by atoms with E-state index in [1.807, 2.05) is 12.1 Å². The third kappa shape index (κ3) is 3.60. The highest BCUT2D eigenvalue weighted by Crippen LogP contribution is 2.15. The summed E-state index contributed by atoms with van der Waals surface area (Å²) in [4.78, 5) is 4.29. The molecule has 76 valence electrons. The maximum absolute atomic E-state index is 9.45. The fraction of sp³-hybridized carbons (Fsp3) is 0.417. The van der Waals surface area contributed by atoms with Crippen LogP contribution in [0.5, 0.6) is 5.75 Å². The summed E-state index contributed by atoms with van der Waals surface area (Å²) in [5.41, 5.74) is 0.970. The van der Waals surface area contributed by atoms with Gasteiger partial charge in [-0.3, -0.25) is 4.99 Å². The summed E-state index contributed by atoms with van der Waals surface area (Å²) >= 11 is 0. The first-order valence-corrected chi connectivity index (χ1v) is 4.77. The molecule has 0 spiro atoms. The number of aromatic hydroxyl groups is 1. The number of aliphatic imine (C=N–C) groups is 1. The Hall–Kier alpha value is -1.31. The molecule has 1 rings (SSSR count). The molecule has 0 radical (unpaired) electrons. The van der Waals surface area contributed by atoms with Crippen molar-refractivity contribution < 1.29 is 5.11 Å². The molecule has 1 N–H and O–H groups in total. The van der Waals surface area contributed by atoms with Gasteiger partial charge in [0, 0.05) is 18.3 Å². The van der Waals surface area contributed by atoms with E-state index >= 15 is 0 Å². The summed E-state index contributed by atoms with van der Waals surface area (Å²) in [7, 11) is 0. The van der Waals surface area contributed by atoms with Gasteiger partial charge in [-0.15, -0.1) is 0 Å². The van der Waals surface area contributed by atoms with Crippen LogP contribution in [0, 0.1) is 5.41 Å². The average Bonchev–Trinajstić information content (AvgIpc) is 2.06. The van der Waals surface area contributed by atoms with Crippen LogP contribution in [0.15, 0.2) is 29.3 Å². The van der Waals surface area contributed by atoms with Gasteiger partial charge in [0.2, 0.25) is 0 Å². The van der Waals surface area contributed by atoms with Crippen LogP contribution < -0.4 is 0 Å². The maximum Gasteiger partial charge on any atom is 0.124 e. The quantitative estimate of drug-likeness (QED) is 0.716. The molecular weight excluding hydrogens is 174 g/mol. The SMILES string of the molecule is CC(C)(C)CN=Cc1ccccc1O. The number of hydrogen-bond donors (Lipinski definition) is 1. The van der Waals surface area contributed by atoms with Crippen LogP contribution in [-0.2, 0) is 0 Å². The number of nitrogens with zero attached hydrogens (tertiary/aromatic N) is 1. The number of hydrogen-bond acceptors (Lipinski definition) is 2. The van der Waals surface area contributed by atoms with Crippen LogP contribution in [0.3, 0.4) is 0 Å². The minimum absolute atomic E-state index is 0.195. The first-order valence-electron chi connectivity index (χ1n) is 4.77. The van der Waals surface area contributed by atoms with Crippen molar-refractivity contribution in [2.24, 2.45) is 10.4 Å². The molecule has 0 aromatic heterocycles. The Bertz CT molecular complexity index is 323. The molecule has 0 aliphatic heterocycles. The molecule has 2 heteroatoms. The van der Waals surface area contributed by atoms with Crippen molar-refractivity contribution in [1.29, 1.82) is 0 Å². The first-order chi connectivity index (χ1) is 6.49. The Morgan fingerprint density at radius 1 is 1.29 bits per heavy atom. The van der Waals surface area contributed by atoms with Gasteiger partial charge in [0.25, 0.3) is 0 Å². The monoisotopic (exact) mass is 191 g/mol. The van der Waals surface area contributed by atoms with E-state index in [0.29, 0.717) is 0 Å². The molecule has 0 heterocycles. The second-order valence-corrected chi connectivity index (χ2v) is 4.59. The highest BCUT2D eigenvalue weighted by molar-refractivity contribution is 5.83. The van der Waals surface area contributed by atoms with Crippen molar-refractivity contribution in [1.82, 2.24) is 0 Å². The van der Waals surface area contributed by atoms with Crippen LogP contribution >= 0.6 is 0 Å². The van der Waals surface area contributed by atoms with Crippen molar-refractivity contribution in [3.8, 4) is 5.75 Å². The third-order valence-corrected chi connectivity index (χ3v) is 1.73. The summed E-state index contributed by atoms with van der Waals surface area (Å²) in [5, 5.41) is 9.45. The molecule has 14 heavy (non-hydrogen) atoms. The molecule has 0 fully saturated rings. The van der Waals surface area contributed by atoms with E-state index in [1.54, 1.807) is 18.3 Å². The van der Waals surface area contributed by atoms with E-state index in [0.717, 1.165) is 12.1 Å². The number of rotatable bonds is 2. The van der Waals surface area contributed by atoms with Gasteiger partial charge in [0.15, 0.2) is 0 Å². The molecule has 1 aromatic carbocycles. The van der Waals surface area contributed by atoms with E-state index in [1.165, 1.54) is 0 Å². The van der Waals surface area contributed by atoms with Crippen LogP contribution in [0.1, 0.15) is 26.3 Å². The number of phenols is 1. The lowest BCUT2D eigenvalue weighted by Gasteiger charge is -2.13. The van der Waals surface area contributed by atoms with E-state index in [-0.39, 0.29) is 11.2 Å². The molecule has 0 bridgehead atoms. The Labute approximate surface area is 85.3 Å². The molecular formula is C12H17NO. The zero-order valence-electron chi connectivity index (χ0n) is 8.99. The molecule has 2 nitrogen and oxygen atoms in total. The number of phenolic OH excluding ortho intramolecular Hbond substituents is 1. The van der Waals surface area contributed by atoms with Crippen molar-refractivity contribution in [2.75, 3.05) is 6.54 Å². The minimum Gasteiger partial charge on any atom is -0.507 e. The lowest BCUT2D eigenvalue weighted by atomic mass is 9.97. The van der Waals surface area contributed by atoms with Crippen LogP contribution in [-0.4, -0.2) is 17.9 Å². The van der Waals surface area contributed by atoms with Gasteiger partial charge in [0.05, 0.1) is 0 Å². The van der Waals surface area contributed by atoms with E-state index < -0.39 is 0 Å². The maximum atomic E-state index is 9.45. The summed E-state index contributed by atoms with van der Waals surface area (Å²) < 4.78 is 0. The fourth-order valence-electron chi connectivity index (χ4n) is 1.01. The first kappa shape index (κ1) is 10.8. The molecule has 0 saturated heterocycles. The number of para-hydroxylation sites is 1. The van der Waals surface area contributed by atoms with Gasteiger partial charge < -0.3 is 5.11 Å². The van der Waals surface area contributed by atoms with E-state index in [4.69, 9.17) is 0 Å². The summed E-state index contributed by atoms with van der Waals surface area (Å²) in [6, 6.07) is 7.20. The normalized spacial score (nSPS) is 12.2. The average molecular weight is 191 g/mol. The molecule has 0 atom stereocenters.